The zero-order chi connectivity index (χ0) is 18.5. The highest BCUT2D eigenvalue weighted by Crippen LogP contribution is 2.28. The molecule has 1 N–H and O–H groups in total. The van der Waals surface area contributed by atoms with Crippen LogP contribution in [0.4, 0.5) is 0 Å². The molecule has 2 heterocycles. The SMILES string of the molecule is CC(C)Cc1cc(CNC(=O)C2CCCN2C(=O)C2CCCCC2)no1. The maximum Gasteiger partial charge on any atom is 0.243 e. The summed E-state index contributed by atoms with van der Waals surface area (Å²) in [4.78, 5) is 27.3. The molecule has 2 amide bonds. The zero-order valence-corrected chi connectivity index (χ0v) is 16.0. The number of hydrogen-bond acceptors (Lipinski definition) is 4. The van der Waals surface area contributed by atoms with Gasteiger partial charge in [0.05, 0.1) is 6.54 Å². The second kappa shape index (κ2) is 8.69. The Balaban J connectivity index is 1.53. The molecule has 0 bridgehead atoms. The van der Waals surface area contributed by atoms with E-state index in [2.05, 4.69) is 24.3 Å². The molecule has 0 radical (unpaired) electrons. The maximum atomic E-state index is 12.8. The van der Waals surface area contributed by atoms with Crippen LogP contribution in [0.5, 0.6) is 0 Å². The van der Waals surface area contributed by atoms with Crippen molar-refractivity contribution in [3.05, 3.63) is 17.5 Å². The van der Waals surface area contributed by atoms with Crippen LogP contribution in [-0.2, 0) is 22.6 Å². The van der Waals surface area contributed by atoms with E-state index in [0.29, 0.717) is 19.0 Å². The normalized spacial score (nSPS) is 21.3. The third kappa shape index (κ3) is 4.65. The van der Waals surface area contributed by atoms with E-state index in [9.17, 15) is 9.59 Å². The van der Waals surface area contributed by atoms with Crippen molar-refractivity contribution in [3.8, 4) is 0 Å². The van der Waals surface area contributed by atoms with Crippen molar-refractivity contribution in [2.75, 3.05) is 6.54 Å². The lowest BCUT2D eigenvalue weighted by Gasteiger charge is -2.30. The Morgan fingerprint density at radius 3 is 2.73 bits per heavy atom. The van der Waals surface area contributed by atoms with Gasteiger partial charge in [-0.3, -0.25) is 9.59 Å². The molecule has 1 aromatic rings. The fourth-order valence-electron chi connectivity index (χ4n) is 4.12. The van der Waals surface area contributed by atoms with Crippen LogP contribution in [-0.4, -0.2) is 34.5 Å². The van der Waals surface area contributed by atoms with E-state index in [1.807, 2.05) is 11.0 Å². The molecule has 0 aromatic carbocycles. The Morgan fingerprint density at radius 2 is 2.00 bits per heavy atom. The van der Waals surface area contributed by atoms with Crippen molar-refractivity contribution < 1.29 is 14.1 Å². The number of aromatic nitrogens is 1. The molecule has 1 aliphatic heterocycles. The second-order valence-electron chi connectivity index (χ2n) is 8.12. The third-order valence-corrected chi connectivity index (χ3v) is 5.45. The molecular weight excluding hydrogens is 330 g/mol. The number of likely N-dealkylation sites (tertiary alicyclic amines) is 1. The standard InChI is InChI=1S/C20H31N3O3/c1-14(2)11-17-12-16(22-26-17)13-21-19(24)18-9-6-10-23(18)20(25)15-7-4-3-5-8-15/h12,14-15,18H,3-11,13H2,1-2H3,(H,21,24). The minimum atomic E-state index is -0.327. The predicted octanol–water partition coefficient (Wildman–Crippen LogP) is 3.06. The van der Waals surface area contributed by atoms with Crippen molar-refractivity contribution in [2.45, 2.75) is 77.8 Å². The summed E-state index contributed by atoms with van der Waals surface area (Å²) in [5.41, 5.74) is 0.733. The average molecular weight is 361 g/mol. The number of carbonyl (C=O) groups excluding carboxylic acids is 2. The summed E-state index contributed by atoms with van der Waals surface area (Å²) >= 11 is 0. The van der Waals surface area contributed by atoms with Crippen LogP contribution in [0.1, 0.15) is 70.2 Å². The van der Waals surface area contributed by atoms with E-state index in [-0.39, 0.29) is 23.8 Å². The number of amides is 2. The highest BCUT2D eigenvalue weighted by atomic mass is 16.5. The van der Waals surface area contributed by atoms with Crippen LogP contribution in [0.2, 0.25) is 0 Å². The lowest BCUT2D eigenvalue weighted by Crippen LogP contribution is -2.48. The fourth-order valence-corrected chi connectivity index (χ4v) is 4.12. The molecule has 6 nitrogen and oxygen atoms in total. The first-order valence-electron chi connectivity index (χ1n) is 10.1. The van der Waals surface area contributed by atoms with Gasteiger partial charge in [-0.05, 0) is 31.6 Å². The number of nitrogens with one attached hydrogen (secondary N) is 1. The Labute approximate surface area is 155 Å². The Bertz CT molecular complexity index is 620. The first kappa shape index (κ1) is 18.9. The summed E-state index contributed by atoms with van der Waals surface area (Å²) in [6, 6.07) is 1.58. The van der Waals surface area contributed by atoms with Crippen molar-refractivity contribution in [2.24, 2.45) is 11.8 Å². The van der Waals surface area contributed by atoms with E-state index in [1.54, 1.807) is 0 Å². The highest BCUT2D eigenvalue weighted by Gasteiger charge is 2.37. The summed E-state index contributed by atoms with van der Waals surface area (Å²) in [6.07, 6.45) is 7.93. The molecule has 2 fully saturated rings. The minimum Gasteiger partial charge on any atom is -0.361 e. The average Bonchev–Trinajstić information content (AvgIpc) is 3.29. The summed E-state index contributed by atoms with van der Waals surface area (Å²) in [7, 11) is 0. The quantitative estimate of drug-likeness (QED) is 0.845. The van der Waals surface area contributed by atoms with Crippen LogP contribution in [0.25, 0.3) is 0 Å². The fraction of sp³-hybridized carbons (Fsp3) is 0.750. The summed E-state index contributed by atoms with van der Waals surface area (Å²) < 4.78 is 5.31. The second-order valence-corrected chi connectivity index (χ2v) is 8.12. The van der Waals surface area contributed by atoms with E-state index < -0.39 is 0 Å². The van der Waals surface area contributed by atoms with Gasteiger partial charge in [0.2, 0.25) is 11.8 Å². The molecule has 1 saturated carbocycles. The number of hydrogen-bond donors (Lipinski definition) is 1. The number of rotatable bonds is 6. The van der Waals surface area contributed by atoms with Gasteiger partial charge in [-0.15, -0.1) is 0 Å². The molecule has 1 aliphatic carbocycles. The lowest BCUT2D eigenvalue weighted by molar-refractivity contribution is -0.142. The first-order valence-corrected chi connectivity index (χ1v) is 10.1. The van der Waals surface area contributed by atoms with Crippen molar-refractivity contribution in [3.63, 3.8) is 0 Å². The van der Waals surface area contributed by atoms with Crippen molar-refractivity contribution in [1.82, 2.24) is 15.4 Å². The smallest absolute Gasteiger partial charge is 0.243 e. The summed E-state index contributed by atoms with van der Waals surface area (Å²) in [5.74, 6) is 1.58. The molecule has 26 heavy (non-hydrogen) atoms. The van der Waals surface area contributed by atoms with Gasteiger partial charge in [0.15, 0.2) is 0 Å². The van der Waals surface area contributed by atoms with Gasteiger partial charge in [0.1, 0.15) is 17.5 Å². The third-order valence-electron chi connectivity index (χ3n) is 5.45. The van der Waals surface area contributed by atoms with Gasteiger partial charge in [0.25, 0.3) is 0 Å². The van der Waals surface area contributed by atoms with Crippen LogP contribution in [0.15, 0.2) is 10.6 Å². The van der Waals surface area contributed by atoms with Crippen LogP contribution >= 0.6 is 0 Å². The van der Waals surface area contributed by atoms with Crippen LogP contribution in [0, 0.1) is 11.8 Å². The maximum absolute atomic E-state index is 12.8. The van der Waals surface area contributed by atoms with Crippen molar-refractivity contribution >= 4 is 11.8 Å². The molecule has 1 saturated heterocycles. The minimum absolute atomic E-state index is 0.0694. The van der Waals surface area contributed by atoms with Gasteiger partial charge in [-0.2, -0.15) is 0 Å². The van der Waals surface area contributed by atoms with Crippen LogP contribution < -0.4 is 5.32 Å². The number of carbonyl (C=O) groups is 2. The predicted molar refractivity (Wildman–Crippen MR) is 98.2 cm³/mol. The molecule has 0 spiro atoms. The van der Waals surface area contributed by atoms with Gasteiger partial charge in [0, 0.05) is 24.9 Å². The zero-order valence-electron chi connectivity index (χ0n) is 16.0. The largest absolute Gasteiger partial charge is 0.361 e. The molecule has 1 aromatic heterocycles. The molecule has 3 rings (SSSR count). The Kier molecular flexibility index (Phi) is 6.33. The molecule has 1 unspecified atom stereocenters. The number of nitrogens with zero attached hydrogens (tertiary/aromatic N) is 2. The Morgan fingerprint density at radius 1 is 1.23 bits per heavy atom. The van der Waals surface area contributed by atoms with E-state index in [0.717, 1.165) is 56.4 Å². The topological polar surface area (TPSA) is 75.4 Å². The lowest BCUT2D eigenvalue weighted by atomic mass is 9.88. The first-order chi connectivity index (χ1) is 12.5. The van der Waals surface area contributed by atoms with Crippen LogP contribution in [0.3, 0.4) is 0 Å². The van der Waals surface area contributed by atoms with Gasteiger partial charge >= 0.3 is 0 Å². The van der Waals surface area contributed by atoms with E-state index >= 15 is 0 Å². The monoisotopic (exact) mass is 361 g/mol. The van der Waals surface area contributed by atoms with Gasteiger partial charge in [-0.25, -0.2) is 0 Å². The molecule has 144 valence electrons. The van der Waals surface area contributed by atoms with Gasteiger partial charge < -0.3 is 14.7 Å². The van der Waals surface area contributed by atoms with Crippen molar-refractivity contribution in [1.29, 1.82) is 0 Å². The highest BCUT2D eigenvalue weighted by molar-refractivity contribution is 5.89. The van der Waals surface area contributed by atoms with E-state index in [1.165, 1.54) is 6.42 Å². The summed E-state index contributed by atoms with van der Waals surface area (Å²) in [5, 5.41) is 6.97. The van der Waals surface area contributed by atoms with E-state index in [4.69, 9.17) is 4.52 Å². The summed E-state index contributed by atoms with van der Waals surface area (Å²) in [6.45, 7) is 5.31. The molecule has 6 heteroatoms. The molecule has 1 atom stereocenters. The molecular formula is C20H31N3O3. The van der Waals surface area contributed by atoms with Gasteiger partial charge in [-0.1, -0.05) is 38.3 Å². The molecule has 2 aliphatic rings. The Hall–Kier alpha value is -1.85.